The monoisotopic (exact) mass is 389 g/mol. The molecule has 1 aliphatic carbocycles. The van der Waals surface area contributed by atoms with Crippen molar-refractivity contribution in [1.29, 1.82) is 0 Å². The van der Waals surface area contributed by atoms with E-state index in [1.807, 2.05) is 70.9 Å². The van der Waals surface area contributed by atoms with Crippen LogP contribution < -0.4 is 10.3 Å². The number of aryl methyl sites for hydroxylation is 1. The maximum Gasteiger partial charge on any atom is 0.254 e. The second kappa shape index (κ2) is 6.95. The summed E-state index contributed by atoms with van der Waals surface area (Å²) in [7, 11) is 0. The molecule has 148 valence electrons. The molecule has 0 atom stereocenters. The molecule has 1 aliphatic heterocycles. The lowest BCUT2D eigenvalue weighted by Gasteiger charge is -2.39. The van der Waals surface area contributed by atoms with Crippen LogP contribution in [-0.4, -0.2) is 39.1 Å². The Morgan fingerprint density at radius 1 is 1.03 bits per heavy atom. The smallest absolute Gasteiger partial charge is 0.254 e. The maximum atomic E-state index is 12.7. The van der Waals surface area contributed by atoms with Gasteiger partial charge in [0.15, 0.2) is 0 Å². The van der Waals surface area contributed by atoms with E-state index in [2.05, 4.69) is 0 Å². The summed E-state index contributed by atoms with van der Waals surface area (Å²) in [6, 6.07) is 15.4. The van der Waals surface area contributed by atoms with Crippen molar-refractivity contribution in [3.63, 3.8) is 0 Å². The molecule has 6 heteroatoms. The van der Waals surface area contributed by atoms with E-state index in [-0.39, 0.29) is 17.6 Å². The third-order valence-electron chi connectivity index (χ3n) is 5.60. The molecule has 2 aromatic heterocycles. The number of ether oxygens (including phenoxy) is 1. The molecule has 2 aliphatic rings. The van der Waals surface area contributed by atoms with Gasteiger partial charge in [-0.15, -0.1) is 0 Å². The zero-order valence-corrected chi connectivity index (χ0v) is 16.3. The minimum atomic E-state index is -0.0753. The molecule has 0 spiro atoms. The van der Waals surface area contributed by atoms with Crippen LogP contribution >= 0.6 is 0 Å². The van der Waals surface area contributed by atoms with Gasteiger partial charge in [0, 0.05) is 41.4 Å². The van der Waals surface area contributed by atoms with E-state index >= 15 is 0 Å². The SMILES string of the molecule is Cc1cc(OC2CN(C(=O)c3ccc(-n4cccc4)cc3)C2)cc(=O)n1C1CC1. The number of hydrogen-bond donors (Lipinski definition) is 0. The zero-order valence-electron chi connectivity index (χ0n) is 16.3. The summed E-state index contributed by atoms with van der Waals surface area (Å²) >= 11 is 0. The summed E-state index contributed by atoms with van der Waals surface area (Å²) in [5.41, 5.74) is 2.62. The summed E-state index contributed by atoms with van der Waals surface area (Å²) in [4.78, 5) is 26.8. The largest absolute Gasteiger partial charge is 0.486 e. The quantitative estimate of drug-likeness (QED) is 0.673. The Bertz CT molecular complexity index is 1090. The molecule has 0 N–H and O–H groups in total. The van der Waals surface area contributed by atoms with Gasteiger partial charge in [-0.1, -0.05) is 0 Å². The highest BCUT2D eigenvalue weighted by molar-refractivity contribution is 5.95. The van der Waals surface area contributed by atoms with Crippen LogP contribution in [0.25, 0.3) is 5.69 Å². The Kier molecular flexibility index (Phi) is 4.27. The Morgan fingerprint density at radius 3 is 2.34 bits per heavy atom. The van der Waals surface area contributed by atoms with Gasteiger partial charge in [-0.05, 0) is 62.2 Å². The summed E-state index contributed by atoms with van der Waals surface area (Å²) in [6.07, 6.45) is 6.02. The first kappa shape index (κ1) is 17.8. The van der Waals surface area contributed by atoms with Gasteiger partial charge in [0.1, 0.15) is 11.9 Å². The number of rotatable bonds is 5. The van der Waals surface area contributed by atoms with E-state index in [0.717, 1.165) is 24.2 Å². The van der Waals surface area contributed by atoms with Gasteiger partial charge in [-0.25, -0.2) is 0 Å². The molecule has 6 nitrogen and oxygen atoms in total. The number of carbonyl (C=O) groups excluding carboxylic acids is 1. The van der Waals surface area contributed by atoms with Crippen molar-refractivity contribution in [3.8, 4) is 11.4 Å². The van der Waals surface area contributed by atoms with E-state index in [1.54, 1.807) is 11.0 Å². The molecule has 3 aromatic rings. The average Bonchev–Trinajstić information content (AvgIpc) is 3.35. The van der Waals surface area contributed by atoms with Crippen LogP contribution in [0.4, 0.5) is 0 Å². The average molecular weight is 389 g/mol. The first-order valence-corrected chi connectivity index (χ1v) is 10.0. The molecule has 3 heterocycles. The predicted octanol–water partition coefficient (Wildman–Crippen LogP) is 3.19. The van der Waals surface area contributed by atoms with Crippen LogP contribution in [0.5, 0.6) is 5.75 Å². The Hall–Kier alpha value is -3.28. The molecule has 0 unspecified atom stereocenters. The predicted molar refractivity (Wildman–Crippen MR) is 110 cm³/mol. The number of pyridine rings is 1. The molecule has 1 saturated carbocycles. The van der Waals surface area contributed by atoms with Crippen LogP contribution in [0.1, 0.15) is 34.9 Å². The number of nitrogens with zero attached hydrogens (tertiary/aromatic N) is 3. The number of carbonyl (C=O) groups is 1. The molecule has 2 fully saturated rings. The Morgan fingerprint density at radius 2 is 1.72 bits per heavy atom. The summed E-state index contributed by atoms with van der Waals surface area (Å²) < 4.78 is 9.79. The lowest BCUT2D eigenvalue weighted by Crippen LogP contribution is -2.56. The van der Waals surface area contributed by atoms with Gasteiger partial charge in [0.2, 0.25) is 0 Å². The third kappa shape index (κ3) is 3.46. The summed E-state index contributed by atoms with van der Waals surface area (Å²) in [5, 5.41) is 0. The molecule has 1 aromatic carbocycles. The zero-order chi connectivity index (χ0) is 20.0. The van der Waals surface area contributed by atoms with Crippen molar-refractivity contribution in [2.45, 2.75) is 31.9 Å². The van der Waals surface area contributed by atoms with E-state index in [0.29, 0.717) is 30.4 Å². The lowest BCUT2D eigenvalue weighted by atomic mass is 10.1. The number of hydrogen-bond acceptors (Lipinski definition) is 3. The van der Waals surface area contributed by atoms with Crippen molar-refractivity contribution in [2.75, 3.05) is 13.1 Å². The summed E-state index contributed by atoms with van der Waals surface area (Å²) in [5.74, 6) is 0.599. The molecular formula is C23H23N3O3. The number of benzene rings is 1. The van der Waals surface area contributed by atoms with Crippen LogP contribution in [0.2, 0.25) is 0 Å². The number of aromatic nitrogens is 2. The fourth-order valence-electron chi connectivity index (χ4n) is 3.89. The van der Waals surface area contributed by atoms with Crippen LogP contribution in [-0.2, 0) is 0 Å². The fourth-order valence-corrected chi connectivity index (χ4v) is 3.89. The van der Waals surface area contributed by atoms with E-state index in [4.69, 9.17) is 4.74 Å². The molecule has 1 saturated heterocycles. The van der Waals surface area contributed by atoms with E-state index < -0.39 is 0 Å². The second-order valence-electron chi connectivity index (χ2n) is 7.86. The van der Waals surface area contributed by atoms with Gasteiger partial charge in [0.05, 0.1) is 13.1 Å². The first-order chi connectivity index (χ1) is 14.1. The van der Waals surface area contributed by atoms with Crippen molar-refractivity contribution >= 4 is 5.91 Å². The van der Waals surface area contributed by atoms with Crippen molar-refractivity contribution < 1.29 is 9.53 Å². The van der Waals surface area contributed by atoms with E-state index in [9.17, 15) is 9.59 Å². The third-order valence-corrected chi connectivity index (χ3v) is 5.60. The molecule has 0 radical (unpaired) electrons. The van der Waals surface area contributed by atoms with Crippen LogP contribution in [0, 0.1) is 6.92 Å². The minimum Gasteiger partial charge on any atom is -0.486 e. The highest BCUT2D eigenvalue weighted by Crippen LogP contribution is 2.35. The molecular weight excluding hydrogens is 366 g/mol. The molecule has 1 amide bonds. The number of likely N-dealkylation sites (tertiary alicyclic amines) is 1. The van der Waals surface area contributed by atoms with Crippen molar-refractivity contribution in [3.05, 3.63) is 82.5 Å². The molecule has 0 bridgehead atoms. The van der Waals surface area contributed by atoms with Crippen LogP contribution in [0.15, 0.2) is 65.7 Å². The maximum absolute atomic E-state index is 12.7. The highest BCUT2D eigenvalue weighted by atomic mass is 16.5. The summed E-state index contributed by atoms with van der Waals surface area (Å²) in [6.45, 7) is 3.01. The molecule has 29 heavy (non-hydrogen) atoms. The van der Waals surface area contributed by atoms with Gasteiger partial charge < -0.3 is 18.8 Å². The van der Waals surface area contributed by atoms with Crippen LogP contribution in [0.3, 0.4) is 0 Å². The highest BCUT2D eigenvalue weighted by Gasteiger charge is 2.33. The van der Waals surface area contributed by atoms with E-state index in [1.165, 1.54) is 0 Å². The van der Waals surface area contributed by atoms with Gasteiger partial charge >= 0.3 is 0 Å². The van der Waals surface area contributed by atoms with Gasteiger partial charge in [0.25, 0.3) is 11.5 Å². The lowest BCUT2D eigenvalue weighted by molar-refractivity contribution is 0.0176. The minimum absolute atomic E-state index is 0.00228. The van der Waals surface area contributed by atoms with Crippen molar-refractivity contribution in [1.82, 2.24) is 14.0 Å². The topological polar surface area (TPSA) is 56.5 Å². The van der Waals surface area contributed by atoms with Gasteiger partial charge in [-0.3, -0.25) is 9.59 Å². The fraction of sp³-hybridized carbons (Fsp3) is 0.304. The molecule has 5 rings (SSSR count). The first-order valence-electron chi connectivity index (χ1n) is 10.0. The van der Waals surface area contributed by atoms with Crippen molar-refractivity contribution in [2.24, 2.45) is 0 Å². The number of amides is 1. The normalized spacial score (nSPS) is 16.5. The Labute approximate surface area is 168 Å². The van der Waals surface area contributed by atoms with Gasteiger partial charge in [-0.2, -0.15) is 0 Å². The standard InChI is InChI=1S/C23H23N3O3/c1-16-12-20(13-22(27)26(16)19-8-9-19)29-21-14-25(15-21)23(28)17-4-6-18(7-5-17)24-10-2-3-11-24/h2-7,10-13,19,21H,8-9,14-15H2,1H3. The second-order valence-corrected chi connectivity index (χ2v) is 7.86. The Balaban J connectivity index is 1.20.